The average Bonchev–Trinajstić information content (AvgIpc) is 2.39. The molecule has 0 saturated heterocycles. The fourth-order valence-electron chi connectivity index (χ4n) is 1.37. The zero-order chi connectivity index (χ0) is 14.3. The summed E-state index contributed by atoms with van der Waals surface area (Å²) in [6, 6.07) is 6.03. The van der Waals surface area contributed by atoms with Crippen LogP contribution in [0.25, 0.3) is 0 Å². The molecule has 0 spiro atoms. The Labute approximate surface area is 111 Å². The van der Waals surface area contributed by atoms with E-state index in [1.807, 2.05) is 0 Å². The van der Waals surface area contributed by atoms with Crippen molar-refractivity contribution in [2.24, 2.45) is 5.73 Å². The van der Waals surface area contributed by atoms with Gasteiger partial charge in [-0.2, -0.15) is 0 Å². The number of nitrogens with two attached hydrogens (primary N) is 1. The van der Waals surface area contributed by atoms with Crippen molar-refractivity contribution in [2.45, 2.75) is 12.5 Å². The third kappa shape index (κ3) is 4.81. The van der Waals surface area contributed by atoms with E-state index in [-0.39, 0.29) is 5.91 Å². The molecule has 6 heteroatoms. The Balaban J connectivity index is 2.69. The van der Waals surface area contributed by atoms with Crippen molar-refractivity contribution in [2.75, 3.05) is 17.7 Å². The highest BCUT2D eigenvalue weighted by molar-refractivity contribution is 5.95. The highest BCUT2D eigenvalue weighted by Gasteiger charge is 2.12. The molecular formula is C13H17N3O3. The van der Waals surface area contributed by atoms with Crippen LogP contribution >= 0.6 is 0 Å². The van der Waals surface area contributed by atoms with E-state index >= 15 is 0 Å². The Hall–Kier alpha value is -2.34. The fraction of sp³-hybridized carbons (Fsp3) is 0.231. The second kappa shape index (κ2) is 7.17. The van der Waals surface area contributed by atoms with E-state index in [0.717, 1.165) is 0 Å². The summed E-state index contributed by atoms with van der Waals surface area (Å²) in [6.45, 7) is 3.52. The number of nitrogens with one attached hydrogen (secondary N) is 2. The standard InChI is InChI=1S/C13H17N3O3/c1-3-5-11(14)12(17)15-9-6-4-7-10(8-9)16-13(18)19-2/h3-4,6-8,11H,1,5,14H2,2H3,(H,15,17)(H,16,18). The molecule has 2 amide bonds. The van der Waals surface area contributed by atoms with Gasteiger partial charge in [-0.15, -0.1) is 6.58 Å². The first-order chi connectivity index (χ1) is 9.06. The predicted octanol–water partition coefficient (Wildman–Crippen LogP) is 1.71. The van der Waals surface area contributed by atoms with Crippen LogP contribution < -0.4 is 16.4 Å². The van der Waals surface area contributed by atoms with E-state index in [9.17, 15) is 9.59 Å². The molecule has 0 bridgehead atoms. The van der Waals surface area contributed by atoms with Crippen molar-refractivity contribution in [1.82, 2.24) is 0 Å². The molecule has 1 atom stereocenters. The highest BCUT2D eigenvalue weighted by Crippen LogP contribution is 2.15. The highest BCUT2D eigenvalue weighted by atomic mass is 16.5. The van der Waals surface area contributed by atoms with Crippen molar-refractivity contribution in [3.05, 3.63) is 36.9 Å². The van der Waals surface area contributed by atoms with Gasteiger partial charge in [-0.05, 0) is 24.6 Å². The zero-order valence-electron chi connectivity index (χ0n) is 10.7. The summed E-state index contributed by atoms with van der Waals surface area (Å²) in [7, 11) is 1.27. The lowest BCUT2D eigenvalue weighted by atomic mass is 10.2. The van der Waals surface area contributed by atoms with Gasteiger partial charge in [0.1, 0.15) is 0 Å². The largest absolute Gasteiger partial charge is 0.453 e. The molecule has 0 saturated carbocycles. The van der Waals surface area contributed by atoms with Gasteiger partial charge < -0.3 is 15.8 Å². The molecule has 102 valence electrons. The van der Waals surface area contributed by atoms with Crippen LogP contribution in [-0.2, 0) is 9.53 Å². The van der Waals surface area contributed by atoms with Gasteiger partial charge >= 0.3 is 6.09 Å². The lowest BCUT2D eigenvalue weighted by molar-refractivity contribution is -0.117. The molecule has 0 heterocycles. The van der Waals surface area contributed by atoms with Crippen LogP contribution in [0.4, 0.5) is 16.2 Å². The van der Waals surface area contributed by atoms with Crippen LogP contribution in [0.15, 0.2) is 36.9 Å². The Morgan fingerprint density at radius 3 is 2.63 bits per heavy atom. The molecule has 0 aliphatic heterocycles. The van der Waals surface area contributed by atoms with Gasteiger partial charge in [0.15, 0.2) is 0 Å². The first-order valence-corrected chi connectivity index (χ1v) is 5.69. The normalized spacial score (nSPS) is 11.3. The lowest BCUT2D eigenvalue weighted by Gasteiger charge is -2.11. The quantitative estimate of drug-likeness (QED) is 0.705. The summed E-state index contributed by atoms with van der Waals surface area (Å²) < 4.78 is 4.48. The Kier molecular flexibility index (Phi) is 5.56. The number of anilines is 2. The summed E-state index contributed by atoms with van der Waals surface area (Å²) >= 11 is 0. The minimum atomic E-state index is -0.644. The van der Waals surface area contributed by atoms with E-state index in [1.54, 1.807) is 30.3 Å². The molecule has 0 aromatic heterocycles. The molecule has 19 heavy (non-hydrogen) atoms. The number of methoxy groups -OCH3 is 1. The summed E-state index contributed by atoms with van der Waals surface area (Å²) in [5.41, 5.74) is 6.70. The van der Waals surface area contributed by atoms with Gasteiger partial charge in [0, 0.05) is 11.4 Å². The molecule has 0 aliphatic rings. The molecule has 1 rings (SSSR count). The van der Waals surface area contributed by atoms with Crippen molar-refractivity contribution >= 4 is 23.4 Å². The van der Waals surface area contributed by atoms with Crippen LogP contribution in [0.3, 0.4) is 0 Å². The predicted molar refractivity (Wildman–Crippen MR) is 73.9 cm³/mol. The fourth-order valence-corrected chi connectivity index (χ4v) is 1.37. The van der Waals surface area contributed by atoms with Gasteiger partial charge in [-0.25, -0.2) is 4.79 Å². The van der Waals surface area contributed by atoms with Gasteiger partial charge in [0.05, 0.1) is 13.2 Å². The Morgan fingerprint density at radius 2 is 2.05 bits per heavy atom. The summed E-state index contributed by atoms with van der Waals surface area (Å²) in [6.07, 6.45) is 1.40. The second-order valence-electron chi connectivity index (χ2n) is 3.82. The lowest BCUT2D eigenvalue weighted by Crippen LogP contribution is -2.35. The number of amides is 2. The van der Waals surface area contributed by atoms with Crippen LogP contribution in [0, 0.1) is 0 Å². The van der Waals surface area contributed by atoms with E-state index in [1.165, 1.54) is 7.11 Å². The number of rotatable bonds is 5. The molecule has 6 nitrogen and oxygen atoms in total. The van der Waals surface area contributed by atoms with E-state index < -0.39 is 12.1 Å². The summed E-state index contributed by atoms with van der Waals surface area (Å²) in [5, 5.41) is 5.15. The Morgan fingerprint density at radius 1 is 1.42 bits per heavy atom. The monoisotopic (exact) mass is 263 g/mol. The SMILES string of the molecule is C=CCC(N)C(=O)Nc1cccc(NC(=O)OC)c1. The number of hydrogen-bond donors (Lipinski definition) is 3. The van der Waals surface area contributed by atoms with Crippen molar-refractivity contribution in [3.63, 3.8) is 0 Å². The van der Waals surface area contributed by atoms with E-state index in [2.05, 4.69) is 21.9 Å². The van der Waals surface area contributed by atoms with E-state index in [4.69, 9.17) is 5.73 Å². The van der Waals surface area contributed by atoms with Crippen molar-refractivity contribution in [1.29, 1.82) is 0 Å². The van der Waals surface area contributed by atoms with Gasteiger partial charge in [0.25, 0.3) is 0 Å². The first-order valence-electron chi connectivity index (χ1n) is 5.69. The smallest absolute Gasteiger partial charge is 0.411 e. The third-order valence-electron chi connectivity index (χ3n) is 2.32. The molecule has 1 aromatic carbocycles. The molecule has 1 aromatic rings. The summed E-state index contributed by atoms with van der Waals surface area (Å²) in [5.74, 6) is -0.310. The van der Waals surface area contributed by atoms with Crippen molar-refractivity contribution in [3.8, 4) is 0 Å². The van der Waals surface area contributed by atoms with Crippen LogP contribution in [0.5, 0.6) is 0 Å². The minimum absolute atomic E-state index is 0.310. The molecule has 0 fully saturated rings. The number of hydrogen-bond acceptors (Lipinski definition) is 4. The van der Waals surface area contributed by atoms with E-state index in [0.29, 0.717) is 17.8 Å². The van der Waals surface area contributed by atoms with Gasteiger partial charge in [-0.3, -0.25) is 10.1 Å². The molecule has 4 N–H and O–H groups in total. The average molecular weight is 263 g/mol. The zero-order valence-corrected chi connectivity index (χ0v) is 10.7. The topological polar surface area (TPSA) is 93.5 Å². The van der Waals surface area contributed by atoms with Crippen molar-refractivity contribution < 1.29 is 14.3 Å². The Bertz CT molecular complexity index is 474. The molecule has 0 radical (unpaired) electrons. The third-order valence-corrected chi connectivity index (χ3v) is 2.32. The molecular weight excluding hydrogens is 246 g/mol. The maximum absolute atomic E-state index is 11.7. The van der Waals surface area contributed by atoms with Gasteiger partial charge in [0.2, 0.25) is 5.91 Å². The van der Waals surface area contributed by atoms with Crippen LogP contribution in [0.1, 0.15) is 6.42 Å². The molecule has 1 unspecified atom stereocenters. The van der Waals surface area contributed by atoms with Crippen LogP contribution in [0.2, 0.25) is 0 Å². The summed E-state index contributed by atoms with van der Waals surface area (Å²) in [4.78, 5) is 22.8. The second-order valence-corrected chi connectivity index (χ2v) is 3.82. The first kappa shape index (κ1) is 14.7. The number of ether oxygens (including phenoxy) is 1. The number of benzene rings is 1. The van der Waals surface area contributed by atoms with Crippen LogP contribution in [-0.4, -0.2) is 25.2 Å². The maximum Gasteiger partial charge on any atom is 0.411 e. The number of carbonyl (C=O) groups excluding carboxylic acids is 2. The minimum Gasteiger partial charge on any atom is -0.453 e. The maximum atomic E-state index is 11.7. The molecule has 0 aliphatic carbocycles. The number of carbonyl (C=O) groups is 2. The van der Waals surface area contributed by atoms with Gasteiger partial charge in [-0.1, -0.05) is 12.1 Å².